The van der Waals surface area contributed by atoms with E-state index in [4.69, 9.17) is 18.6 Å². The molecule has 6 nitrogen and oxygen atoms in total. The van der Waals surface area contributed by atoms with Crippen molar-refractivity contribution in [2.45, 2.75) is 20.5 Å². The summed E-state index contributed by atoms with van der Waals surface area (Å²) in [4.78, 5) is 24.4. The van der Waals surface area contributed by atoms with E-state index in [-0.39, 0.29) is 12.2 Å². The molecular weight excluding hydrogens is 348 g/mol. The molecule has 0 N–H and O–H groups in total. The zero-order valence-electron chi connectivity index (χ0n) is 15.6. The van der Waals surface area contributed by atoms with E-state index in [0.717, 1.165) is 16.5 Å². The van der Waals surface area contributed by atoms with E-state index in [2.05, 4.69) is 0 Å². The van der Waals surface area contributed by atoms with Crippen molar-refractivity contribution in [2.75, 3.05) is 14.2 Å². The van der Waals surface area contributed by atoms with Gasteiger partial charge >= 0.3 is 11.6 Å². The van der Waals surface area contributed by atoms with Crippen LogP contribution in [0.4, 0.5) is 0 Å². The highest BCUT2D eigenvalue weighted by molar-refractivity contribution is 5.93. The molecule has 1 heterocycles. The number of fused-ring (bicyclic) bond motifs is 1. The molecule has 0 unspecified atom stereocenters. The van der Waals surface area contributed by atoms with E-state index in [9.17, 15) is 9.59 Å². The first-order valence-corrected chi connectivity index (χ1v) is 8.36. The quantitative estimate of drug-likeness (QED) is 0.504. The normalized spacial score (nSPS) is 10.7. The van der Waals surface area contributed by atoms with Crippen LogP contribution in [0.3, 0.4) is 0 Å². The molecule has 2 aromatic carbocycles. The zero-order chi connectivity index (χ0) is 19.6. The van der Waals surface area contributed by atoms with Crippen molar-refractivity contribution in [2.24, 2.45) is 0 Å². The number of methoxy groups -OCH3 is 2. The van der Waals surface area contributed by atoms with Gasteiger partial charge in [-0.15, -0.1) is 0 Å². The van der Waals surface area contributed by atoms with E-state index in [1.54, 1.807) is 18.2 Å². The van der Waals surface area contributed by atoms with Gasteiger partial charge in [-0.25, -0.2) is 9.59 Å². The summed E-state index contributed by atoms with van der Waals surface area (Å²) in [6, 6.07) is 9.94. The monoisotopic (exact) mass is 368 g/mol. The predicted molar refractivity (Wildman–Crippen MR) is 101 cm³/mol. The van der Waals surface area contributed by atoms with Crippen molar-refractivity contribution in [1.82, 2.24) is 0 Å². The number of benzene rings is 2. The van der Waals surface area contributed by atoms with Crippen LogP contribution in [0.15, 0.2) is 45.6 Å². The van der Waals surface area contributed by atoms with Gasteiger partial charge in [0.25, 0.3) is 0 Å². The van der Waals surface area contributed by atoms with E-state index in [1.165, 1.54) is 20.3 Å². The summed E-state index contributed by atoms with van der Waals surface area (Å²) in [5.41, 5.74) is 2.88. The van der Waals surface area contributed by atoms with E-state index < -0.39 is 11.6 Å². The lowest BCUT2D eigenvalue weighted by Crippen LogP contribution is -2.09. The number of ether oxygens (including phenoxy) is 3. The Balaban J connectivity index is 1.92. The number of carbonyl (C=O) groups excluding carboxylic acids is 1. The maximum absolute atomic E-state index is 12.5. The van der Waals surface area contributed by atoms with Crippen molar-refractivity contribution in [1.29, 1.82) is 0 Å². The number of carbonyl (C=O) groups is 1. The molecule has 0 aliphatic carbocycles. The third-order valence-corrected chi connectivity index (χ3v) is 4.43. The highest BCUT2D eigenvalue weighted by atomic mass is 16.5. The first-order chi connectivity index (χ1) is 12.9. The number of hydrogen-bond acceptors (Lipinski definition) is 6. The number of esters is 1. The highest BCUT2D eigenvalue weighted by Gasteiger charge is 2.16. The highest BCUT2D eigenvalue weighted by Crippen LogP contribution is 2.26. The zero-order valence-corrected chi connectivity index (χ0v) is 15.6. The topological polar surface area (TPSA) is 75.0 Å². The molecule has 0 atom stereocenters. The fourth-order valence-electron chi connectivity index (χ4n) is 2.80. The minimum absolute atomic E-state index is 0.0657. The Kier molecular flexibility index (Phi) is 5.16. The van der Waals surface area contributed by atoms with Crippen molar-refractivity contribution >= 4 is 16.9 Å². The van der Waals surface area contributed by atoms with Crippen LogP contribution in [0.5, 0.6) is 11.5 Å². The van der Waals surface area contributed by atoms with Crippen molar-refractivity contribution in [3.05, 3.63) is 69.1 Å². The third kappa shape index (κ3) is 3.79. The molecule has 3 aromatic rings. The van der Waals surface area contributed by atoms with Gasteiger partial charge in [0.05, 0.1) is 14.2 Å². The first-order valence-electron chi connectivity index (χ1n) is 8.36. The van der Waals surface area contributed by atoms with Crippen molar-refractivity contribution in [3.63, 3.8) is 0 Å². The molecule has 1 aromatic heterocycles. The van der Waals surface area contributed by atoms with E-state index in [1.807, 2.05) is 26.0 Å². The van der Waals surface area contributed by atoms with Crippen LogP contribution in [-0.4, -0.2) is 20.2 Å². The smallest absolute Gasteiger partial charge is 0.342 e. The van der Waals surface area contributed by atoms with Gasteiger partial charge in [-0.3, -0.25) is 0 Å². The average molecular weight is 368 g/mol. The largest absolute Gasteiger partial charge is 0.497 e. The molecule has 0 spiro atoms. The Morgan fingerprint density at radius 3 is 2.44 bits per heavy atom. The van der Waals surface area contributed by atoms with Crippen LogP contribution >= 0.6 is 0 Å². The van der Waals surface area contributed by atoms with Gasteiger partial charge < -0.3 is 18.6 Å². The maximum Gasteiger partial charge on any atom is 0.342 e. The Morgan fingerprint density at radius 1 is 1.00 bits per heavy atom. The Labute approximate surface area is 156 Å². The van der Waals surface area contributed by atoms with Crippen LogP contribution < -0.4 is 15.1 Å². The summed E-state index contributed by atoms with van der Waals surface area (Å²) in [7, 11) is 2.98. The summed E-state index contributed by atoms with van der Waals surface area (Å²) in [6.07, 6.45) is 0. The van der Waals surface area contributed by atoms with Gasteiger partial charge in [0.15, 0.2) is 0 Å². The molecule has 0 amide bonds. The molecule has 0 radical (unpaired) electrons. The fraction of sp³-hybridized carbons (Fsp3) is 0.238. The molecule has 0 bridgehead atoms. The lowest BCUT2D eigenvalue weighted by Gasteiger charge is -2.12. The second kappa shape index (κ2) is 7.53. The number of aryl methyl sites for hydroxylation is 2. The standard InChI is InChI=1S/C21H20O6/c1-12-7-16-14(9-20(22)27-19(16)8-13(12)2)11-26-21(23)17-10-15(24-3)5-6-18(17)25-4/h5-10H,11H2,1-4H3. The molecule has 0 aliphatic rings. The van der Waals surface area contributed by atoms with E-state index in [0.29, 0.717) is 22.6 Å². The van der Waals surface area contributed by atoms with Gasteiger partial charge in [-0.05, 0) is 55.3 Å². The number of hydrogen-bond donors (Lipinski definition) is 0. The number of rotatable bonds is 5. The van der Waals surface area contributed by atoms with E-state index >= 15 is 0 Å². The molecule has 3 rings (SSSR count). The molecule has 0 saturated heterocycles. The molecule has 0 aliphatic heterocycles. The molecular formula is C21H20O6. The summed E-state index contributed by atoms with van der Waals surface area (Å²) in [5.74, 6) is 0.320. The van der Waals surface area contributed by atoms with Crippen LogP contribution in [0.1, 0.15) is 27.0 Å². The van der Waals surface area contributed by atoms with Crippen molar-refractivity contribution in [3.8, 4) is 11.5 Å². The second-order valence-electron chi connectivity index (χ2n) is 6.17. The van der Waals surface area contributed by atoms with Crippen LogP contribution in [0.2, 0.25) is 0 Å². The summed E-state index contributed by atoms with van der Waals surface area (Å²) in [6.45, 7) is 3.84. The van der Waals surface area contributed by atoms with Gasteiger partial charge in [-0.1, -0.05) is 0 Å². The lowest BCUT2D eigenvalue weighted by atomic mass is 10.0. The van der Waals surface area contributed by atoms with Gasteiger partial charge in [-0.2, -0.15) is 0 Å². The summed E-state index contributed by atoms with van der Waals surface area (Å²) < 4.78 is 21.1. The first kappa shape index (κ1) is 18.5. The summed E-state index contributed by atoms with van der Waals surface area (Å²) in [5, 5.41) is 0.739. The van der Waals surface area contributed by atoms with Gasteiger partial charge in [0, 0.05) is 17.0 Å². The van der Waals surface area contributed by atoms with Gasteiger partial charge in [0.1, 0.15) is 29.3 Å². The summed E-state index contributed by atoms with van der Waals surface area (Å²) >= 11 is 0. The second-order valence-corrected chi connectivity index (χ2v) is 6.17. The predicted octanol–water partition coefficient (Wildman–Crippen LogP) is 3.78. The molecule has 0 fully saturated rings. The Bertz CT molecular complexity index is 1060. The van der Waals surface area contributed by atoms with Gasteiger partial charge in [0.2, 0.25) is 0 Å². The maximum atomic E-state index is 12.5. The van der Waals surface area contributed by atoms with Crippen LogP contribution in [-0.2, 0) is 11.3 Å². The lowest BCUT2D eigenvalue weighted by molar-refractivity contribution is 0.0469. The van der Waals surface area contributed by atoms with Crippen LogP contribution in [0, 0.1) is 13.8 Å². The molecule has 140 valence electrons. The molecule has 6 heteroatoms. The minimum Gasteiger partial charge on any atom is -0.497 e. The third-order valence-electron chi connectivity index (χ3n) is 4.43. The molecule has 0 saturated carbocycles. The SMILES string of the molecule is COc1ccc(OC)c(C(=O)OCc2cc(=O)oc3cc(C)c(C)cc23)c1. The minimum atomic E-state index is -0.573. The fourth-order valence-corrected chi connectivity index (χ4v) is 2.80. The Hall–Kier alpha value is -3.28. The Morgan fingerprint density at radius 2 is 1.74 bits per heavy atom. The average Bonchev–Trinajstić information content (AvgIpc) is 2.66. The molecule has 27 heavy (non-hydrogen) atoms. The van der Waals surface area contributed by atoms with Crippen molar-refractivity contribution < 1.29 is 23.4 Å². The van der Waals surface area contributed by atoms with Crippen LogP contribution in [0.25, 0.3) is 11.0 Å².